The molecule has 0 saturated carbocycles. The second-order valence-electron chi connectivity index (χ2n) is 5.27. The first-order valence-corrected chi connectivity index (χ1v) is 8.44. The predicted octanol–water partition coefficient (Wildman–Crippen LogP) is 4.05. The summed E-state index contributed by atoms with van der Waals surface area (Å²) in [6.45, 7) is 5.08. The number of hydrogen-bond donors (Lipinski definition) is 1. The maximum atomic E-state index is 6.39. The van der Waals surface area contributed by atoms with Crippen LogP contribution in [-0.4, -0.2) is 26.9 Å². The predicted molar refractivity (Wildman–Crippen MR) is 97.0 cm³/mol. The molecule has 0 aliphatic rings. The van der Waals surface area contributed by atoms with Crippen molar-refractivity contribution in [1.82, 2.24) is 5.32 Å². The molecule has 0 radical (unpaired) electrons. The lowest BCUT2D eigenvalue weighted by molar-refractivity contribution is 0.199. The summed E-state index contributed by atoms with van der Waals surface area (Å²) in [5.41, 5.74) is 2.07. The molecule has 0 amide bonds. The highest BCUT2D eigenvalue weighted by Crippen LogP contribution is 2.34. The van der Waals surface area contributed by atoms with Crippen LogP contribution < -0.4 is 14.8 Å². The average Bonchev–Trinajstić information content (AvgIpc) is 2.60. The maximum Gasteiger partial charge on any atom is 0.163 e. The van der Waals surface area contributed by atoms with Gasteiger partial charge in [0.25, 0.3) is 0 Å². The van der Waals surface area contributed by atoms with Crippen LogP contribution in [0.25, 0.3) is 0 Å². The van der Waals surface area contributed by atoms with E-state index in [1.54, 1.807) is 7.11 Å². The zero-order valence-electron chi connectivity index (χ0n) is 14.2. The van der Waals surface area contributed by atoms with E-state index in [1.807, 2.05) is 49.4 Å². The largest absolute Gasteiger partial charge is 0.490 e. The quantitative estimate of drug-likeness (QED) is 0.657. The molecule has 0 atom stereocenters. The van der Waals surface area contributed by atoms with Crippen molar-refractivity contribution in [3.05, 3.63) is 58.6 Å². The molecule has 24 heavy (non-hydrogen) atoms. The molecule has 0 unspecified atom stereocenters. The minimum absolute atomic E-state index is 0.475. The van der Waals surface area contributed by atoms with Crippen molar-refractivity contribution >= 4 is 11.6 Å². The lowest BCUT2D eigenvalue weighted by atomic mass is 10.2. The van der Waals surface area contributed by atoms with Gasteiger partial charge in [0.2, 0.25) is 0 Å². The van der Waals surface area contributed by atoms with Crippen molar-refractivity contribution in [2.24, 2.45) is 0 Å². The molecule has 2 aromatic rings. The van der Waals surface area contributed by atoms with E-state index < -0.39 is 0 Å². The lowest BCUT2D eigenvalue weighted by Gasteiger charge is -2.15. The van der Waals surface area contributed by atoms with Crippen LogP contribution in [0.5, 0.6) is 11.5 Å². The van der Waals surface area contributed by atoms with Crippen LogP contribution in [0.1, 0.15) is 18.1 Å². The Kier molecular flexibility index (Phi) is 7.89. The van der Waals surface area contributed by atoms with Crippen LogP contribution in [0.15, 0.2) is 42.5 Å². The fraction of sp³-hybridized carbons (Fsp3) is 0.368. The van der Waals surface area contributed by atoms with Crippen molar-refractivity contribution in [1.29, 1.82) is 0 Å². The number of hydrogen-bond acceptors (Lipinski definition) is 4. The molecule has 1 N–H and O–H groups in total. The second-order valence-corrected chi connectivity index (χ2v) is 5.67. The van der Waals surface area contributed by atoms with E-state index in [-0.39, 0.29) is 0 Å². The molecular formula is C19H24ClNO3. The third kappa shape index (κ3) is 5.71. The van der Waals surface area contributed by atoms with Crippen LogP contribution in [0.2, 0.25) is 5.02 Å². The van der Waals surface area contributed by atoms with Gasteiger partial charge in [-0.25, -0.2) is 0 Å². The van der Waals surface area contributed by atoms with Crippen molar-refractivity contribution < 1.29 is 14.2 Å². The Hall–Kier alpha value is -1.75. The summed E-state index contributed by atoms with van der Waals surface area (Å²) in [4.78, 5) is 0. The van der Waals surface area contributed by atoms with Gasteiger partial charge >= 0.3 is 0 Å². The molecule has 130 valence electrons. The minimum Gasteiger partial charge on any atom is -0.490 e. The molecule has 0 spiro atoms. The number of rotatable bonds is 10. The van der Waals surface area contributed by atoms with E-state index in [4.69, 9.17) is 25.8 Å². The van der Waals surface area contributed by atoms with E-state index >= 15 is 0 Å². The van der Waals surface area contributed by atoms with Gasteiger partial charge in [0.15, 0.2) is 11.5 Å². The molecule has 4 nitrogen and oxygen atoms in total. The van der Waals surface area contributed by atoms with E-state index in [9.17, 15) is 0 Å². The van der Waals surface area contributed by atoms with Crippen molar-refractivity contribution in [3.8, 4) is 11.5 Å². The zero-order chi connectivity index (χ0) is 17.2. The van der Waals surface area contributed by atoms with Gasteiger partial charge in [0.05, 0.1) is 13.2 Å². The third-order valence-electron chi connectivity index (χ3n) is 3.45. The summed E-state index contributed by atoms with van der Waals surface area (Å²) in [6.07, 6.45) is 0. The Bertz CT molecular complexity index is 620. The van der Waals surface area contributed by atoms with Crippen LogP contribution >= 0.6 is 11.6 Å². The van der Waals surface area contributed by atoms with E-state index in [0.717, 1.165) is 17.7 Å². The Morgan fingerprint density at radius 2 is 1.79 bits per heavy atom. The van der Waals surface area contributed by atoms with Gasteiger partial charge in [-0.1, -0.05) is 41.9 Å². The molecule has 5 heteroatoms. The zero-order valence-corrected chi connectivity index (χ0v) is 14.9. The first-order valence-electron chi connectivity index (χ1n) is 8.06. The maximum absolute atomic E-state index is 6.39. The average molecular weight is 350 g/mol. The molecule has 0 fully saturated rings. The summed E-state index contributed by atoms with van der Waals surface area (Å²) in [7, 11) is 1.68. The molecule has 2 rings (SSSR count). The molecule has 2 aromatic carbocycles. The number of halogens is 1. The van der Waals surface area contributed by atoms with E-state index in [0.29, 0.717) is 42.9 Å². The minimum atomic E-state index is 0.475. The SMILES string of the molecule is CCOc1cc(CNCCOC)c(Cl)cc1OCc1ccccc1. The van der Waals surface area contributed by atoms with Crippen molar-refractivity contribution in [3.63, 3.8) is 0 Å². The summed E-state index contributed by atoms with van der Waals surface area (Å²) < 4.78 is 16.6. The second kappa shape index (κ2) is 10.2. The summed E-state index contributed by atoms with van der Waals surface area (Å²) >= 11 is 6.39. The van der Waals surface area contributed by atoms with Gasteiger partial charge in [-0.2, -0.15) is 0 Å². The first kappa shape index (κ1) is 18.6. The van der Waals surface area contributed by atoms with E-state index in [2.05, 4.69) is 5.32 Å². The molecular weight excluding hydrogens is 326 g/mol. The molecule has 0 heterocycles. The summed E-state index contributed by atoms with van der Waals surface area (Å²) in [5.74, 6) is 1.37. The third-order valence-corrected chi connectivity index (χ3v) is 3.80. The highest BCUT2D eigenvalue weighted by atomic mass is 35.5. The monoisotopic (exact) mass is 349 g/mol. The highest BCUT2D eigenvalue weighted by molar-refractivity contribution is 6.31. The number of methoxy groups -OCH3 is 1. The molecule has 0 aliphatic heterocycles. The van der Waals surface area contributed by atoms with Crippen LogP contribution in [0.3, 0.4) is 0 Å². The Labute approximate surface area is 148 Å². The Morgan fingerprint density at radius 3 is 2.50 bits per heavy atom. The van der Waals surface area contributed by atoms with Gasteiger partial charge < -0.3 is 19.5 Å². The first-order chi connectivity index (χ1) is 11.7. The molecule has 0 bridgehead atoms. The van der Waals surface area contributed by atoms with Gasteiger partial charge in [0.1, 0.15) is 6.61 Å². The molecule has 0 saturated heterocycles. The number of nitrogens with one attached hydrogen (secondary N) is 1. The van der Waals surface area contributed by atoms with Crippen molar-refractivity contribution in [2.75, 3.05) is 26.9 Å². The van der Waals surface area contributed by atoms with Gasteiger partial charge in [0, 0.05) is 31.3 Å². The van der Waals surface area contributed by atoms with Gasteiger partial charge in [-0.15, -0.1) is 0 Å². The van der Waals surface area contributed by atoms with Crippen molar-refractivity contribution in [2.45, 2.75) is 20.1 Å². The number of benzene rings is 2. The Morgan fingerprint density at radius 1 is 1.04 bits per heavy atom. The van der Waals surface area contributed by atoms with E-state index in [1.165, 1.54) is 0 Å². The normalized spacial score (nSPS) is 10.6. The highest BCUT2D eigenvalue weighted by Gasteiger charge is 2.11. The number of ether oxygens (including phenoxy) is 3. The van der Waals surface area contributed by atoms with Gasteiger partial charge in [-0.3, -0.25) is 0 Å². The summed E-state index contributed by atoms with van der Waals surface area (Å²) in [5, 5.41) is 3.94. The van der Waals surface area contributed by atoms with Gasteiger partial charge in [-0.05, 0) is 24.1 Å². The lowest BCUT2D eigenvalue weighted by Crippen LogP contribution is -2.18. The smallest absolute Gasteiger partial charge is 0.163 e. The topological polar surface area (TPSA) is 39.7 Å². The molecule has 0 aliphatic carbocycles. The van der Waals surface area contributed by atoms with Crippen LogP contribution in [-0.2, 0) is 17.9 Å². The standard InChI is InChI=1S/C19H24ClNO3/c1-3-23-18-11-16(13-21-9-10-22-2)17(20)12-19(18)24-14-15-7-5-4-6-8-15/h4-8,11-12,21H,3,9-10,13-14H2,1-2H3. The summed E-state index contributed by atoms with van der Waals surface area (Å²) in [6, 6.07) is 13.8. The fourth-order valence-corrected chi connectivity index (χ4v) is 2.45. The van der Waals surface area contributed by atoms with Crippen LogP contribution in [0, 0.1) is 0 Å². The molecule has 0 aromatic heterocycles. The Balaban J connectivity index is 2.07. The fourth-order valence-electron chi connectivity index (χ4n) is 2.23. The van der Waals surface area contributed by atoms with Crippen LogP contribution in [0.4, 0.5) is 0 Å².